The minimum Gasteiger partial charge on any atom is -0.489 e. The molecule has 0 aliphatic heterocycles. The average Bonchev–Trinajstić information content (AvgIpc) is 2.45. The summed E-state index contributed by atoms with van der Waals surface area (Å²) in [5.41, 5.74) is 7.83. The fraction of sp³-hybridized carbons (Fsp3) is 0.467. The second kappa shape index (κ2) is 5.66. The van der Waals surface area contributed by atoms with Crippen LogP contribution in [0.5, 0.6) is 5.75 Å². The fourth-order valence-electron chi connectivity index (χ4n) is 2.72. The number of pyridine rings is 2. The van der Waals surface area contributed by atoms with Crippen LogP contribution in [0.4, 0.5) is 0 Å². The minimum atomic E-state index is -0.191. The van der Waals surface area contributed by atoms with Crippen LogP contribution in [0, 0.1) is 0 Å². The fourth-order valence-corrected chi connectivity index (χ4v) is 3.04. The average molecular weight is 336 g/mol. The quantitative estimate of drug-likeness (QED) is 0.933. The predicted octanol–water partition coefficient (Wildman–Crippen LogP) is 3.43. The maximum Gasteiger partial charge on any atom is 0.148 e. The normalized spacial score (nSPS) is 18.1. The van der Waals surface area contributed by atoms with E-state index >= 15 is 0 Å². The first-order valence-corrected chi connectivity index (χ1v) is 7.78. The summed E-state index contributed by atoms with van der Waals surface area (Å²) >= 11 is 3.40. The number of fused-ring (bicyclic) bond motifs is 1. The Balaban J connectivity index is 1.80. The van der Waals surface area contributed by atoms with Crippen molar-refractivity contribution in [1.29, 1.82) is 0 Å². The lowest BCUT2D eigenvalue weighted by Crippen LogP contribution is -2.47. The van der Waals surface area contributed by atoms with Crippen LogP contribution in [0.1, 0.15) is 32.1 Å². The lowest BCUT2D eigenvalue weighted by molar-refractivity contribution is 0.175. The molecule has 3 rings (SSSR count). The van der Waals surface area contributed by atoms with E-state index in [0.717, 1.165) is 34.1 Å². The Hall–Kier alpha value is -1.20. The topological polar surface area (TPSA) is 61.0 Å². The van der Waals surface area contributed by atoms with Gasteiger partial charge in [0.05, 0.1) is 11.1 Å². The van der Waals surface area contributed by atoms with E-state index in [9.17, 15) is 0 Å². The molecule has 1 aliphatic carbocycles. The van der Waals surface area contributed by atoms with E-state index in [-0.39, 0.29) is 5.54 Å². The monoisotopic (exact) mass is 335 g/mol. The highest BCUT2D eigenvalue weighted by Crippen LogP contribution is 2.29. The molecule has 1 aliphatic rings. The second-order valence-corrected chi connectivity index (χ2v) is 6.46. The van der Waals surface area contributed by atoms with Crippen LogP contribution in [-0.4, -0.2) is 22.1 Å². The molecule has 2 aromatic heterocycles. The first kappa shape index (κ1) is 13.8. The Labute approximate surface area is 126 Å². The molecular weight excluding hydrogens is 318 g/mol. The molecule has 2 N–H and O–H groups in total. The van der Waals surface area contributed by atoms with Crippen molar-refractivity contribution >= 4 is 27.0 Å². The first-order chi connectivity index (χ1) is 9.66. The first-order valence-electron chi connectivity index (χ1n) is 6.98. The highest BCUT2D eigenvalue weighted by atomic mass is 79.9. The maximum absolute atomic E-state index is 6.41. The van der Waals surface area contributed by atoms with Gasteiger partial charge >= 0.3 is 0 Å². The van der Waals surface area contributed by atoms with Crippen molar-refractivity contribution in [3.63, 3.8) is 0 Å². The zero-order valence-electron chi connectivity index (χ0n) is 11.3. The molecule has 0 spiro atoms. The molecule has 0 saturated heterocycles. The number of nitrogens with zero attached hydrogens (tertiary/aromatic N) is 2. The van der Waals surface area contributed by atoms with Gasteiger partial charge in [0.1, 0.15) is 17.9 Å². The molecule has 4 nitrogen and oxygen atoms in total. The molecule has 2 heterocycles. The lowest BCUT2D eigenvalue weighted by Gasteiger charge is -2.33. The predicted molar refractivity (Wildman–Crippen MR) is 82.7 cm³/mol. The third-order valence-corrected chi connectivity index (χ3v) is 4.31. The third kappa shape index (κ3) is 2.94. The summed E-state index contributed by atoms with van der Waals surface area (Å²) in [6, 6.07) is 3.80. The number of hydrogen-bond donors (Lipinski definition) is 1. The van der Waals surface area contributed by atoms with Gasteiger partial charge in [0.25, 0.3) is 0 Å². The van der Waals surface area contributed by atoms with Crippen molar-refractivity contribution in [3.8, 4) is 5.75 Å². The molecular formula is C15H18BrN3O. The summed E-state index contributed by atoms with van der Waals surface area (Å²) in [6.07, 6.45) is 9.26. The Morgan fingerprint density at radius 2 is 2.05 bits per heavy atom. The van der Waals surface area contributed by atoms with Crippen molar-refractivity contribution < 1.29 is 4.74 Å². The Kier molecular flexibility index (Phi) is 3.89. The zero-order chi connectivity index (χ0) is 14.0. The van der Waals surface area contributed by atoms with Gasteiger partial charge in [-0.1, -0.05) is 19.3 Å². The molecule has 0 aromatic carbocycles. The number of hydrogen-bond acceptors (Lipinski definition) is 4. The molecule has 1 fully saturated rings. The van der Waals surface area contributed by atoms with Gasteiger partial charge in [-0.15, -0.1) is 0 Å². The molecule has 0 bridgehead atoms. The summed E-state index contributed by atoms with van der Waals surface area (Å²) in [5.74, 6) is 0.762. The van der Waals surface area contributed by atoms with Crippen LogP contribution in [0.3, 0.4) is 0 Å². The molecule has 2 aromatic rings. The molecule has 106 valence electrons. The number of nitrogens with two attached hydrogens (primary N) is 1. The van der Waals surface area contributed by atoms with Crippen molar-refractivity contribution in [2.24, 2.45) is 5.73 Å². The summed E-state index contributed by atoms with van der Waals surface area (Å²) in [5, 5.41) is 0. The molecule has 0 atom stereocenters. The minimum absolute atomic E-state index is 0.191. The highest BCUT2D eigenvalue weighted by molar-refractivity contribution is 9.10. The molecule has 5 heteroatoms. The van der Waals surface area contributed by atoms with E-state index in [1.165, 1.54) is 19.3 Å². The van der Waals surface area contributed by atoms with E-state index < -0.39 is 0 Å². The molecule has 0 amide bonds. The molecule has 0 radical (unpaired) electrons. The number of rotatable bonds is 3. The van der Waals surface area contributed by atoms with Gasteiger partial charge < -0.3 is 10.5 Å². The van der Waals surface area contributed by atoms with Crippen molar-refractivity contribution in [2.45, 2.75) is 37.6 Å². The van der Waals surface area contributed by atoms with Gasteiger partial charge in [0.2, 0.25) is 0 Å². The van der Waals surface area contributed by atoms with Gasteiger partial charge in [0, 0.05) is 22.9 Å². The number of ether oxygens (including phenoxy) is 1. The largest absolute Gasteiger partial charge is 0.489 e. The van der Waals surface area contributed by atoms with E-state index in [2.05, 4.69) is 25.9 Å². The Morgan fingerprint density at radius 1 is 1.25 bits per heavy atom. The molecule has 0 unspecified atom stereocenters. The van der Waals surface area contributed by atoms with E-state index in [4.69, 9.17) is 10.5 Å². The van der Waals surface area contributed by atoms with Crippen LogP contribution in [-0.2, 0) is 0 Å². The smallest absolute Gasteiger partial charge is 0.148 e. The van der Waals surface area contributed by atoms with E-state index in [0.29, 0.717) is 6.61 Å². The summed E-state index contributed by atoms with van der Waals surface area (Å²) in [7, 11) is 0. The lowest BCUT2D eigenvalue weighted by atomic mass is 9.83. The van der Waals surface area contributed by atoms with Crippen LogP contribution in [0.25, 0.3) is 11.0 Å². The summed E-state index contributed by atoms with van der Waals surface area (Å²) in [6.45, 7) is 0.545. The SMILES string of the molecule is NC1(COc2ccnc3cc(Br)cnc23)CCCCC1. The molecule has 1 saturated carbocycles. The number of aromatic nitrogens is 2. The van der Waals surface area contributed by atoms with Crippen LogP contribution >= 0.6 is 15.9 Å². The Morgan fingerprint density at radius 3 is 2.85 bits per heavy atom. The van der Waals surface area contributed by atoms with Gasteiger partial charge in [-0.2, -0.15) is 0 Å². The van der Waals surface area contributed by atoms with E-state index in [1.807, 2.05) is 12.1 Å². The van der Waals surface area contributed by atoms with Gasteiger partial charge in [-0.05, 0) is 34.8 Å². The van der Waals surface area contributed by atoms with Crippen LogP contribution in [0.2, 0.25) is 0 Å². The number of halogens is 1. The highest BCUT2D eigenvalue weighted by Gasteiger charge is 2.28. The third-order valence-electron chi connectivity index (χ3n) is 3.87. The van der Waals surface area contributed by atoms with Gasteiger partial charge in [0.15, 0.2) is 0 Å². The standard InChI is InChI=1S/C15H18BrN3O/c16-11-8-12-14(19-9-11)13(4-7-18-12)20-10-15(17)5-2-1-3-6-15/h4,7-9H,1-3,5-6,10,17H2. The van der Waals surface area contributed by atoms with Crippen molar-refractivity contribution in [2.75, 3.05) is 6.61 Å². The van der Waals surface area contributed by atoms with Crippen LogP contribution < -0.4 is 10.5 Å². The maximum atomic E-state index is 6.41. The summed E-state index contributed by atoms with van der Waals surface area (Å²) < 4.78 is 6.87. The van der Waals surface area contributed by atoms with Crippen LogP contribution in [0.15, 0.2) is 29.0 Å². The van der Waals surface area contributed by atoms with Crippen molar-refractivity contribution in [3.05, 3.63) is 29.0 Å². The summed E-state index contributed by atoms with van der Waals surface area (Å²) in [4.78, 5) is 8.70. The second-order valence-electron chi connectivity index (χ2n) is 5.54. The Bertz CT molecular complexity index is 611. The van der Waals surface area contributed by atoms with Gasteiger partial charge in [-0.3, -0.25) is 4.98 Å². The van der Waals surface area contributed by atoms with Gasteiger partial charge in [-0.25, -0.2) is 4.98 Å². The zero-order valence-corrected chi connectivity index (χ0v) is 12.9. The van der Waals surface area contributed by atoms with E-state index in [1.54, 1.807) is 12.4 Å². The molecule has 20 heavy (non-hydrogen) atoms. The van der Waals surface area contributed by atoms with Crippen molar-refractivity contribution in [1.82, 2.24) is 9.97 Å².